The zero-order valence-corrected chi connectivity index (χ0v) is 12.0. The van der Waals surface area contributed by atoms with E-state index in [1.54, 1.807) is 0 Å². The Morgan fingerprint density at radius 1 is 1.35 bits per heavy atom. The van der Waals surface area contributed by atoms with E-state index in [-0.39, 0.29) is 11.5 Å². The normalized spacial score (nSPS) is 34.1. The molecule has 6 atom stereocenters. The maximum atomic E-state index is 10.4. The molecule has 1 heterocycles. The Hall–Kier alpha value is 0.0200. The molecule has 0 bridgehead atoms. The van der Waals surface area contributed by atoms with Crippen molar-refractivity contribution in [1.29, 1.82) is 0 Å². The van der Waals surface area contributed by atoms with Gasteiger partial charge in [0.25, 0.3) is 0 Å². The van der Waals surface area contributed by atoms with E-state index in [2.05, 4.69) is 4.18 Å². The van der Waals surface area contributed by atoms with Gasteiger partial charge in [0.15, 0.2) is 5.25 Å². The molecule has 0 amide bonds. The molecule has 1 unspecified atom stereocenters. The molecule has 1 fully saturated rings. The van der Waals surface area contributed by atoms with E-state index in [9.17, 15) is 28.3 Å². The van der Waals surface area contributed by atoms with Crippen molar-refractivity contribution in [2.75, 3.05) is 24.7 Å². The van der Waals surface area contributed by atoms with Gasteiger partial charge in [-0.3, -0.25) is 4.18 Å². The molecule has 9 nitrogen and oxygen atoms in total. The number of aliphatic hydroxyl groups excluding tert-OH is 5. The summed E-state index contributed by atoms with van der Waals surface area (Å²) in [6.45, 7) is -1.28. The maximum absolute atomic E-state index is 10.4. The Balaban J connectivity index is 2.66. The van der Waals surface area contributed by atoms with Gasteiger partial charge in [0.1, 0.15) is 35.9 Å². The molecule has 11 heteroatoms. The van der Waals surface area contributed by atoms with Gasteiger partial charge in [-0.1, -0.05) is 0 Å². The van der Waals surface area contributed by atoms with E-state index in [0.29, 0.717) is 0 Å². The Kier molecular flexibility index (Phi) is 6.63. The molecule has 0 aliphatic carbocycles. The average molecular weight is 334 g/mol. The minimum atomic E-state index is -5.07. The molecule has 0 aromatic rings. The van der Waals surface area contributed by atoms with Crippen LogP contribution in [-0.2, 0) is 25.5 Å². The second-order valence-corrected chi connectivity index (χ2v) is 7.80. The molecule has 20 heavy (non-hydrogen) atoms. The fourth-order valence-electron chi connectivity index (χ4n) is 1.99. The van der Waals surface area contributed by atoms with E-state index >= 15 is 0 Å². The molecule has 0 spiro atoms. The van der Waals surface area contributed by atoms with Gasteiger partial charge in [0.2, 0.25) is 10.4 Å². The fourth-order valence-corrected chi connectivity index (χ4v) is 5.18. The lowest BCUT2D eigenvalue weighted by atomic mass is 10.2. The summed E-state index contributed by atoms with van der Waals surface area (Å²) in [6.07, 6.45) is -5.26. The molecule has 0 aromatic carbocycles. The summed E-state index contributed by atoms with van der Waals surface area (Å²) in [5.41, 5.74) is 0. The van der Waals surface area contributed by atoms with Crippen LogP contribution in [0, 0.1) is 0 Å². The Bertz CT molecular complexity index is 400. The number of rotatable bonds is 7. The second kappa shape index (κ2) is 7.33. The van der Waals surface area contributed by atoms with Gasteiger partial charge in [-0.2, -0.15) is 0 Å². The van der Waals surface area contributed by atoms with Crippen molar-refractivity contribution in [2.45, 2.75) is 29.7 Å². The Morgan fingerprint density at radius 2 is 1.95 bits per heavy atom. The smallest absolute Gasteiger partial charge is 0.218 e. The van der Waals surface area contributed by atoms with Crippen molar-refractivity contribution >= 4 is 21.3 Å². The summed E-state index contributed by atoms with van der Waals surface area (Å²) in [6, 6.07) is 0. The molecule has 0 aromatic heterocycles. The van der Waals surface area contributed by atoms with E-state index in [1.807, 2.05) is 0 Å². The van der Waals surface area contributed by atoms with E-state index in [0.717, 1.165) is 0 Å². The first-order valence-electron chi connectivity index (χ1n) is 5.76. The second-order valence-electron chi connectivity index (χ2n) is 4.44. The summed E-state index contributed by atoms with van der Waals surface area (Å²) < 4.78 is 35.4. The molecule has 1 aliphatic heterocycles. The minimum absolute atomic E-state index is 0.111. The number of hydrogen-bond acceptors (Lipinski definition) is 9. The van der Waals surface area contributed by atoms with Crippen molar-refractivity contribution < 1.29 is 42.7 Å². The highest BCUT2D eigenvalue weighted by molar-refractivity contribution is 7.97. The molecule has 5 N–H and O–H groups in total. The predicted octanol–water partition coefficient (Wildman–Crippen LogP) is -4.10. The van der Waals surface area contributed by atoms with Gasteiger partial charge in [0, 0.05) is 10.9 Å². The number of hydrogen-bond donors (Lipinski definition) is 5. The van der Waals surface area contributed by atoms with Crippen molar-refractivity contribution in [3.63, 3.8) is 0 Å². The lowest BCUT2D eigenvalue weighted by Crippen LogP contribution is -2.42. The standard InChI is InChI=1S/C9H18O9S2/c10-1-7(18-20(15,16)17)5(12)3-19-4-6(13)9(14)8(19)2-11/h5-14H,1-4H2/t5-,6+,7+,8+,9-,19?/m0/s1. The Labute approximate surface area is 119 Å². The molecule has 0 radical (unpaired) electrons. The quantitative estimate of drug-likeness (QED) is 0.176. The van der Waals surface area contributed by atoms with E-state index in [1.165, 1.54) is 0 Å². The molecule has 1 aliphatic rings. The van der Waals surface area contributed by atoms with Crippen LogP contribution in [0.2, 0.25) is 0 Å². The highest BCUT2D eigenvalue weighted by Crippen LogP contribution is 2.25. The maximum Gasteiger partial charge on any atom is 0.218 e. The van der Waals surface area contributed by atoms with Crippen LogP contribution in [0.4, 0.5) is 0 Å². The molecule has 1 rings (SSSR count). The third-order valence-corrected chi connectivity index (χ3v) is 6.31. The van der Waals surface area contributed by atoms with Crippen molar-refractivity contribution in [3.05, 3.63) is 0 Å². The van der Waals surface area contributed by atoms with Gasteiger partial charge in [0.05, 0.1) is 13.2 Å². The third-order valence-electron chi connectivity index (χ3n) is 3.00. The van der Waals surface area contributed by atoms with Crippen LogP contribution >= 0.6 is 0 Å². The van der Waals surface area contributed by atoms with Crippen LogP contribution in [-0.4, -0.2) is 92.9 Å². The predicted molar refractivity (Wildman–Crippen MR) is 67.6 cm³/mol. The zero-order valence-electron chi connectivity index (χ0n) is 10.4. The van der Waals surface area contributed by atoms with E-state index < -0.39 is 64.2 Å². The van der Waals surface area contributed by atoms with Crippen molar-refractivity contribution in [2.24, 2.45) is 0 Å². The van der Waals surface area contributed by atoms with Crippen LogP contribution in [0.5, 0.6) is 0 Å². The lowest BCUT2D eigenvalue weighted by Gasteiger charge is -2.22. The molecule has 120 valence electrons. The van der Waals surface area contributed by atoms with E-state index in [4.69, 9.17) is 10.2 Å². The van der Waals surface area contributed by atoms with Gasteiger partial charge in [-0.15, -0.1) is 0 Å². The minimum Gasteiger partial charge on any atom is -0.726 e. The molecular weight excluding hydrogens is 316 g/mol. The third kappa shape index (κ3) is 4.79. The van der Waals surface area contributed by atoms with Crippen LogP contribution < -0.4 is 0 Å². The van der Waals surface area contributed by atoms with Crippen LogP contribution in [0.3, 0.4) is 0 Å². The van der Waals surface area contributed by atoms with Crippen LogP contribution in [0.1, 0.15) is 0 Å². The average Bonchev–Trinajstić information content (AvgIpc) is 2.60. The topological polar surface area (TPSA) is 168 Å². The first kappa shape index (κ1) is 18.1. The lowest BCUT2D eigenvalue weighted by molar-refractivity contribution is 0.0105. The summed E-state index contributed by atoms with van der Waals surface area (Å²) >= 11 is 0. The summed E-state index contributed by atoms with van der Waals surface area (Å²) in [5.74, 6) is 0.0197. The van der Waals surface area contributed by atoms with Crippen molar-refractivity contribution in [3.8, 4) is 0 Å². The zero-order chi connectivity index (χ0) is 15.5. The SMILES string of the molecule is O=S(=O)([O-])O[C@H](CO)[C@@H](O)C[S+]1C[C@@H](O)[C@H](O)[C@H]1CO. The highest BCUT2D eigenvalue weighted by Gasteiger charge is 2.50. The molecule has 0 saturated carbocycles. The first-order chi connectivity index (χ1) is 9.19. The summed E-state index contributed by atoms with van der Waals surface area (Å²) in [5, 5.41) is 46.3. The summed E-state index contributed by atoms with van der Waals surface area (Å²) in [7, 11) is -5.86. The highest BCUT2D eigenvalue weighted by atomic mass is 32.3. The monoisotopic (exact) mass is 334 g/mol. The number of aliphatic hydroxyl groups is 5. The van der Waals surface area contributed by atoms with Gasteiger partial charge in [-0.25, -0.2) is 8.42 Å². The largest absolute Gasteiger partial charge is 0.726 e. The Morgan fingerprint density at radius 3 is 2.40 bits per heavy atom. The fraction of sp³-hybridized carbons (Fsp3) is 1.00. The van der Waals surface area contributed by atoms with Crippen LogP contribution in [0.25, 0.3) is 0 Å². The van der Waals surface area contributed by atoms with Gasteiger partial charge in [-0.05, 0) is 0 Å². The first-order valence-corrected chi connectivity index (χ1v) is 8.71. The van der Waals surface area contributed by atoms with Gasteiger partial charge >= 0.3 is 0 Å². The molecule has 1 saturated heterocycles. The van der Waals surface area contributed by atoms with Crippen molar-refractivity contribution in [1.82, 2.24) is 0 Å². The summed E-state index contributed by atoms with van der Waals surface area (Å²) in [4.78, 5) is 0. The van der Waals surface area contributed by atoms with Crippen LogP contribution in [0.15, 0.2) is 0 Å². The van der Waals surface area contributed by atoms with Gasteiger partial charge < -0.3 is 30.1 Å². The molecular formula is C9H18O9S2.